The Balaban J connectivity index is 2.20. The van der Waals surface area contributed by atoms with Crippen LogP contribution in [0.25, 0.3) is 0 Å². The van der Waals surface area contributed by atoms with Crippen molar-refractivity contribution in [2.24, 2.45) is 5.92 Å². The fourth-order valence-corrected chi connectivity index (χ4v) is 3.11. The van der Waals surface area contributed by atoms with Crippen molar-refractivity contribution in [2.45, 2.75) is 65.4 Å². The predicted octanol–water partition coefficient (Wildman–Crippen LogP) is 4.21. The number of aliphatic hydroxyl groups is 1. The quantitative estimate of drug-likeness (QED) is 0.780. The van der Waals surface area contributed by atoms with Gasteiger partial charge in [-0.25, -0.2) is 0 Å². The Morgan fingerprint density at radius 3 is 2.06 bits per heavy atom. The van der Waals surface area contributed by atoms with E-state index in [2.05, 4.69) is 6.92 Å². The topological polar surface area (TPSA) is 33.4 Å². The van der Waals surface area contributed by atoms with Crippen LogP contribution in [0.2, 0.25) is 0 Å². The summed E-state index contributed by atoms with van der Waals surface area (Å²) in [6, 6.07) is 0. The van der Waals surface area contributed by atoms with Gasteiger partial charge < -0.3 is 9.52 Å². The van der Waals surface area contributed by atoms with Crippen molar-refractivity contribution < 1.29 is 9.52 Å². The van der Waals surface area contributed by atoms with E-state index < -0.39 is 0 Å². The minimum Gasteiger partial charge on any atom is -0.466 e. The molecule has 1 atom stereocenters. The molecule has 1 heterocycles. The second-order valence-corrected chi connectivity index (χ2v) is 5.45. The number of furan rings is 1. The van der Waals surface area contributed by atoms with E-state index in [0.29, 0.717) is 5.92 Å². The van der Waals surface area contributed by atoms with Crippen LogP contribution >= 0.6 is 0 Å². The molecule has 2 heteroatoms. The zero-order chi connectivity index (χ0) is 12.4. The molecule has 17 heavy (non-hydrogen) atoms. The SMILES string of the molecule is Cc1oc(C)c(C(O)C2CCCCCC2)c1C. The summed E-state index contributed by atoms with van der Waals surface area (Å²) in [5.74, 6) is 2.27. The van der Waals surface area contributed by atoms with Crippen LogP contribution in [0.5, 0.6) is 0 Å². The average molecular weight is 236 g/mol. The van der Waals surface area contributed by atoms with Gasteiger partial charge in [0.1, 0.15) is 11.5 Å². The fourth-order valence-electron chi connectivity index (χ4n) is 3.11. The number of aliphatic hydroxyl groups excluding tert-OH is 1. The van der Waals surface area contributed by atoms with Crippen LogP contribution < -0.4 is 0 Å². The lowest BCUT2D eigenvalue weighted by Crippen LogP contribution is -2.13. The van der Waals surface area contributed by atoms with Gasteiger partial charge in [-0.3, -0.25) is 0 Å². The molecule has 0 bridgehead atoms. The van der Waals surface area contributed by atoms with E-state index in [1.165, 1.54) is 25.7 Å². The maximum atomic E-state index is 10.6. The van der Waals surface area contributed by atoms with E-state index in [1.807, 2.05) is 13.8 Å². The van der Waals surface area contributed by atoms with Crippen molar-refractivity contribution in [1.29, 1.82) is 0 Å². The van der Waals surface area contributed by atoms with E-state index in [0.717, 1.165) is 35.5 Å². The summed E-state index contributed by atoms with van der Waals surface area (Å²) in [5.41, 5.74) is 2.19. The molecule has 2 nitrogen and oxygen atoms in total. The van der Waals surface area contributed by atoms with E-state index in [-0.39, 0.29) is 6.10 Å². The second kappa shape index (κ2) is 5.26. The Morgan fingerprint density at radius 2 is 1.59 bits per heavy atom. The molecule has 0 amide bonds. The largest absolute Gasteiger partial charge is 0.466 e. The molecule has 2 rings (SSSR count). The van der Waals surface area contributed by atoms with Gasteiger partial charge in [0, 0.05) is 5.56 Å². The zero-order valence-electron chi connectivity index (χ0n) is 11.3. The van der Waals surface area contributed by atoms with Crippen LogP contribution in [0.1, 0.15) is 67.3 Å². The maximum Gasteiger partial charge on any atom is 0.107 e. The fraction of sp³-hybridized carbons (Fsp3) is 0.733. The van der Waals surface area contributed by atoms with Crippen molar-refractivity contribution in [3.05, 3.63) is 22.6 Å². The maximum absolute atomic E-state index is 10.6. The lowest BCUT2D eigenvalue weighted by molar-refractivity contribution is 0.0968. The molecular formula is C15H24O2. The van der Waals surface area contributed by atoms with Gasteiger partial charge in [-0.15, -0.1) is 0 Å². The van der Waals surface area contributed by atoms with Gasteiger partial charge in [0.2, 0.25) is 0 Å². The molecule has 1 aromatic heterocycles. The zero-order valence-corrected chi connectivity index (χ0v) is 11.3. The molecule has 0 radical (unpaired) electrons. The van der Waals surface area contributed by atoms with Gasteiger partial charge in [0.25, 0.3) is 0 Å². The molecule has 1 aliphatic rings. The summed E-state index contributed by atoms with van der Waals surface area (Å²) in [7, 11) is 0. The first-order chi connectivity index (χ1) is 8.11. The summed E-state index contributed by atoms with van der Waals surface area (Å²) >= 11 is 0. The predicted molar refractivity (Wildman–Crippen MR) is 69.1 cm³/mol. The van der Waals surface area contributed by atoms with Crippen molar-refractivity contribution in [1.82, 2.24) is 0 Å². The second-order valence-electron chi connectivity index (χ2n) is 5.45. The Bertz CT molecular complexity index is 371. The van der Waals surface area contributed by atoms with Gasteiger partial charge in [0.05, 0.1) is 6.10 Å². The first-order valence-corrected chi connectivity index (χ1v) is 6.85. The molecule has 96 valence electrons. The minimum atomic E-state index is -0.328. The van der Waals surface area contributed by atoms with Crippen LogP contribution in [0.3, 0.4) is 0 Å². The number of aryl methyl sites for hydroxylation is 2. The number of rotatable bonds is 2. The van der Waals surface area contributed by atoms with Crippen molar-refractivity contribution in [3.8, 4) is 0 Å². The average Bonchev–Trinajstić information content (AvgIpc) is 2.52. The van der Waals surface area contributed by atoms with Crippen molar-refractivity contribution >= 4 is 0 Å². The monoisotopic (exact) mass is 236 g/mol. The van der Waals surface area contributed by atoms with E-state index in [1.54, 1.807) is 0 Å². The molecule has 1 unspecified atom stereocenters. The van der Waals surface area contributed by atoms with Crippen LogP contribution in [-0.4, -0.2) is 5.11 Å². The molecule has 0 aliphatic heterocycles. The summed E-state index contributed by atoms with van der Waals surface area (Å²) in [4.78, 5) is 0. The Hall–Kier alpha value is -0.760. The van der Waals surface area contributed by atoms with Gasteiger partial charge in [-0.2, -0.15) is 0 Å². The highest BCUT2D eigenvalue weighted by molar-refractivity contribution is 5.33. The lowest BCUT2D eigenvalue weighted by Gasteiger charge is -2.21. The highest BCUT2D eigenvalue weighted by Gasteiger charge is 2.27. The Kier molecular flexibility index (Phi) is 3.93. The molecule has 1 saturated carbocycles. The summed E-state index contributed by atoms with van der Waals surface area (Å²) in [6.07, 6.45) is 7.16. The third kappa shape index (κ3) is 2.57. The Labute approximate surface area is 104 Å². The van der Waals surface area contributed by atoms with Crippen LogP contribution in [0.4, 0.5) is 0 Å². The van der Waals surface area contributed by atoms with E-state index in [9.17, 15) is 5.11 Å². The van der Waals surface area contributed by atoms with Gasteiger partial charge >= 0.3 is 0 Å². The summed E-state index contributed by atoms with van der Waals surface area (Å²) < 4.78 is 5.63. The van der Waals surface area contributed by atoms with Gasteiger partial charge in [0.15, 0.2) is 0 Å². The minimum absolute atomic E-state index is 0.328. The van der Waals surface area contributed by atoms with Crippen molar-refractivity contribution in [3.63, 3.8) is 0 Å². The van der Waals surface area contributed by atoms with E-state index >= 15 is 0 Å². The highest BCUT2D eigenvalue weighted by atomic mass is 16.3. The lowest BCUT2D eigenvalue weighted by atomic mass is 9.88. The van der Waals surface area contributed by atoms with Crippen LogP contribution in [-0.2, 0) is 0 Å². The molecule has 1 fully saturated rings. The number of hydrogen-bond donors (Lipinski definition) is 1. The van der Waals surface area contributed by atoms with E-state index in [4.69, 9.17) is 4.42 Å². The molecule has 0 spiro atoms. The summed E-state index contributed by atoms with van der Waals surface area (Å²) in [6.45, 7) is 6.00. The molecule has 0 saturated heterocycles. The molecule has 0 aromatic carbocycles. The molecule has 1 aromatic rings. The Morgan fingerprint density at radius 1 is 1.00 bits per heavy atom. The standard InChI is InChI=1S/C15H24O2/c1-10-11(2)17-12(3)14(10)15(16)13-8-6-4-5-7-9-13/h13,15-16H,4-9H2,1-3H3. The number of hydrogen-bond acceptors (Lipinski definition) is 2. The van der Waals surface area contributed by atoms with Crippen LogP contribution in [0, 0.1) is 26.7 Å². The first-order valence-electron chi connectivity index (χ1n) is 6.85. The molecular weight excluding hydrogens is 212 g/mol. The molecule has 1 aliphatic carbocycles. The van der Waals surface area contributed by atoms with Gasteiger partial charge in [-0.1, -0.05) is 25.7 Å². The highest BCUT2D eigenvalue weighted by Crippen LogP contribution is 2.37. The smallest absolute Gasteiger partial charge is 0.107 e. The van der Waals surface area contributed by atoms with Crippen LogP contribution in [0.15, 0.2) is 4.42 Å². The first kappa shape index (κ1) is 12.7. The third-order valence-corrected chi connectivity index (χ3v) is 4.26. The third-order valence-electron chi connectivity index (χ3n) is 4.26. The molecule has 1 N–H and O–H groups in total. The normalized spacial score (nSPS) is 20.2. The van der Waals surface area contributed by atoms with Gasteiger partial charge in [-0.05, 0) is 45.1 Å². The van der Waals surface area contributed by atoms with Crippen molar-refractivity contribution in [2.75, 3.05) is 0 Å². The summed E-state index contributed by atoms with van der Waals surface area (Å²) in [5, 5.41) is 10.6.